The number of hydrogen-bond donors (Lipinski definition) is 2. The van der Waals surface area contributed by atoms with Gasteiger partial charge in [0.25, 0.3) is 0 Å². The van der Waals surface area contributed by atoms with Crippen molar-refractivity contribution >= 4 is 23.4 Å². The van der Waals surface area contributed by atoms with E-state index in [2.05, 4.69) is 25.2 Å². The Bertz CT molecular complexity index is 481. The van der Waals surface area contributed by atoms with E-state index in [-0.39, 0.29) is 11.3 Å². The standard InChI is InChI=1S/C17H26N2OS/c1-3-21-15-7-5-4-6-14(15)19-16(20)17(12-18)10-8-13(2)9-11-17/h4-7,13H,3,8-12,18H2,1-2H3,(H,19,20). The largest absolute Gasteiger partial charge is 0.329 e. The van der Waals surface area contributed by atoms with Gasteiger partial charge in [0.05, 0.1) is 11.1 Å². The summed E-state index contributed by atoms with van der Waals surface area (Å²) in [5.74, 6) is 1.80. The molecule has 4 heteroatoms. The SMILES string of the molecule is CCSc1ccccc1NC(=O)C1(CN)CCC(C)CC1. The quantitative estimate of drug-likeness (QED) is 0.811. The number of para-hydroxylation sites is 1. The molecule has 2 rings (SSSR count). The minimum absolute atomic E-state index is 0.0982. The van der Waals surface area contributed by atoms with Crippen LogP contribution in [0.2, 0.25) is 0 Å². The third-order valence-corrected chi connectivity index (χ3v) is 5.49. The number of hydrogen-bond acceptors (Lipinski definition) is 3. The van der Waals surface area contributed by atoms with Gasteiger partial charge < -0.3 is 11.1 Å². The van der Waals surface area contributed by atoms with Gasteiger partial charge >= 0.3 is 0 Å². The summed E-state index contributed by atoms with van der Waals surface area (Å²) >= 11 is 1.75. The molecule has 0 radical (unpaired) electrons. The number of nitrogens with one attached hydrogen (secondary N) is 1. The molecule has 0 atom stereocenters. The summed E-state index contributed by atoms with van der Waals surface area (Å²) in [4.78, 5) is 13.9. The third kappa shape index (κ3) is 3.80. The molecule has 1 amide bonds. The first-order chi connectivity index (χ1) is 10.1. The molecule has 3 N–H and O–H groups in total. The molecule has 1 aromatic rings. The molecule has 1 aliphatic rings. The molecule has 0 bridgehead atoms. The average molecular weight is 306 g/mol. The van der Waals surface area contributed by atoms with Crippen molar-refractivity contribution in [2.24, 2.45) is 17.1 Å². The Hall–Kier alpha value is -1.00. The molecule has 21 heavy (non-hydrogen) atoms. The summed E-state index contributed by atoms with van der Waals surface area (Å²) in [7, 11) is 0. The highest BCUT2D eigenvalue weighted by atomic mass is 32.2. The molecule has 0 spiro atoms. The van der Waals surface area contributed by atoms with E-state index in [1.807, 2.05) is 18.2 Å². The minimum Gasteiger partial charge on any atom is -0.329 e. The molecule has 1 aromatic carbocycles. The molecular weight excluding hydrogens is 280 g/mol. The number of nitrogens with two attached hydrogens (primary N) is 1. The zero-order chi connectivity index (χ0) is 15.3. The maximum atomic E-state index is 12.8. The normalized spacial score (nSPS) is 25.6. The summed E-state index contributed by atoms with van der Waals surface area (Å²) < 4.78 is 0. The second kappa shape index (κ2) is 7.32. The fourth-order valence-corrected chi connectivity index (χ4v) is 3.71. The Kier molecular flexibility index (Phi) is 5.71. The van der Waals surface area contributed by atoms with E-state index in [0.717, 1.165) is 42.0 Å². The van der Waals surface area contributed by atoms with Crippen LogP contribution in [0, 0.1) is 11.3 Å². The number of carbonyl (C=O) groups is 1. The van der Waals surface area contributed by atoms with E-state index in [0.29, 0.717) is 12.5 Å². The summed E-state index contributed by atoms with van der Waals surface area (Å²) in [6, 6.07) is 8.01. The van der Waals surface area contributed by atoms with Crippen LogP contribution in [0.3, 0.4) is 0 Å². The molecule has 1 saturated carbocycles. The lowest BCUT2D eigenvalue weighted by atomic mass is 9.70. The van der Waals surface area contributed by atoms with Gasteiger partial charge in [0.2, 0.25) is 5.91 Å². The van der Waals surface area contributed by atoms with Crippen LogP contribution >= 0.6 is 11.8 Å². The number of benzene rings is 1. The van der Waals surface area contributed by atoms with Crippen LogP contribution in [0.4, 0.5) is 5.69 Å². The number of amides is 1. The van der Waals surface area contributed by atoms with Crippen molar-refractivity contribution in [2.75, 3.05) is 17.6 Å². The van der Waals surface area contributed by atoms with Crippen LogP contribution in [0.5, 0.6) is 0 Å². The van der Waals surface area contributed by atoms with Crippen LogP contribution in [0.25, 0.3) is 0 Å². The molecule has 3 nitrogen and oxygen atoms in total. The molecule has 0 heterocycles. The van der Waals surface area contributed by atoms with Gasteiger partial charge in [0.1, 0.15) is 0 Å². The molecule has 0 unspecified atom stereocenters. The van der Waals surface area contributed by atoms with Gasteiger partial charge in [0, 0.05) is 11.4 Å². The van der Waals surface area contributed by atoms with Crippen molar-refractivity contribution in [3.63, 3.8) is 0 Å². The third-order valence-electron chi connectivity index (χ3n) is 4.54. The number of thioether (sulfide) groups is 1. The fourth-order valence-electron chi connectivity index (χ4n) is 2.94. The monoisotopic (exact) mass is 306 g/mol. The van der Waals surface area contributed by atoms with Crippen molar-refractivity contribution in [2.45, 2.75) is 44.4 Å². The van der Waals surface area contributed by atoms with E-state index < -0.39 is 0 Å². The number of rotatable bonds is 5. The highest BCUT2D eigenvalue weighted by molar-refractivity contribution is 7.99. The highest BCUT2D eigenvalue weighted by Gasteiger charge is 2.39. The topological polar surface area (TPSA) is 55.1 Å². The van der Waals surface area contributed by atoms with Crippen LogP contribution in [0.1, 0.15) is 39.5 Å². The lowest BCUT2D eigenvalue weighted by Crippen LogP contribution is -2.44. The second-order valence-electron chi connectivity index (χ2n) is 6.05. The average Bonchev–Trinajstić information content (AvgIpc) is 2.50. The molecule has 0 aromatic heterocycles. The van der Waals surface area contributed by atoms with Crippen molar-refractivity contribution in [3.05, 3.63) is 24.3 Å². The lowest BCUT2D eigenvalue weighted by molar-refractivity contribution is -0.127. The van der Waals surface area contributed by atoms with Crippen LogP contribution in [-0.4, -0.2) is 18.2 Å². The predicted molar refractivity (Wildman–Crippen MR) is 90.6 cm³/mol. The predicted octanol–water partition coefficient (Wildman–Crippen LogP) is 3.89. The second-order valence-corrected chi connectivity index (χ2v) is 7.36. The Morgan fingerprint density at radius 1 is 1.38 bits per heavy atom. The zero-order valence-electron chi connectivity index (χ0n) is 13.0. The highest BCUT2D eigenvalue weighted by Crippen LogP contribution is 2.39. The van der Waals surface area contributed by atoms with Gasteiger partial charge in [-0.2, -0.15) is 0 Å². The van der Waals surface area contributed by atoms with Gasteiger partial charge in [-0.05, 0) is 49.5 Å². The smallest absolute Gasteiger partial charge is 0.231 e. The van der Waals surface area contributed by atoms with Gasteiger partial charge in [0.15, 0.2) is 0 Å². The Balaban J connectivity index is 2.13. The molecule has 0 saturated heterocycles. The van der Waals surface area contributed by atoms with Crippen LogP contribution < -0.4 is 11.1 Å². The Morgan fingerprint density at radius 3 is 2.67 bits per heavy atom. The van der Waals surface area contributed by atoms with E-state index >= 15 is 0 Å². The van der Waals surface area contributed by atoms with Crippen molar-refractivity contribution in [1.29, 1.82) is 0 Å². The van der Waals surface area contributed by atoms with Crippen LogP contribution in [-0.2, 0) is 4.79 Å². The molecular formula is C17H26N2OS. The molecule has 1 fully saturated rings. The van der Waals surface area contributed by atoms with E-state index in [9.17, 15) is 4.79 Å². The summed E-state index contributed by atoms with van der Waals surface area (Å²) in [5, 5.41) is 3.13. The number of carbonyl (C=O) groups excluding carboxylic acids is 1. The number of anilines is 1. The Morgan fingerprint density at radius 2 is 2.05 bits per heavy atom. The first kappa shape index (κ1) is 16.4. The molecule has 1 aliphatic carbocycles. The first-order valence-corrected chi connectivity index (χ1v) is 8.83. The Labute approximate surface area is 132 Å². The summed E-state index contributed by atoms with van der Waals surface area (Å²) in [6.45, 7) is 4.81. The van der Waals surface area contributed by atoms with Crippen LogP contribution in [0.15, 0.2) is 29.2 Å². The van der Waals surface area contributed by atoms with Crippen molar-refractivity contribution in [3.8, 4) is 0 Å². The lowest BCUT2D eigenvalue weighted by Gasteiger charge is -2.37. The molecule has 116 valence electrons. The van der Waals surface area contributed by atoms with Crippen molar-refractivity contribution < 1.29 is 4.79 Å². The first-order valence-electron chi connectivity index (χ1n) is 7.84. The van der Waals surface area contributed by atoms with E-state index in [4.69, 9.17) is 5.73 Å². The minimum atomic E-state index is -0.378. The van der Waals surface area contributed by atoms with Gasteiger partial charge in [-0.1, -0.05) is 26.0 Å². The van der Waals surface area contributed by atoms with E-state index in [1.54, 1.807) is 11.8 Å². The summed E-state index contributed by atoms with van der Waals surface area (Å²) in [5.41, 5.74) is 6.51. The van der Waals surface area contributed by atoms with Crippen molar-refractivity contribution in [1.82, 2.24) is 0 Å². The van der Waals surface area contributed by atoms with Gasteiger partial charge in [-0.15, -0.1) is 11.8 Å². The van der Waals surface area contributed by atoms with E-state index in [1.165, 1.54) is 0 Å². The fraction of sp³-hybridized carbons (Fsp3) is 0.588. The molecule has 0 aliphatic heterocycles. The zero-order valence-corrected chi connectivity index (χ0v) is 13.8. The summed E-state index contributed by atoms with van der Waals surface area (Å²) in [6.07, 6.45) is 3.99. The van der Waals surface area contributed by atoms with Gasteiger partial charge in [-0.25, -0.2) is 0 Å². The maximum Gasteiger partial charge on any atom is 0.231 e. The van der Waals surface area contributed by atoms with Gasteiger partial charge in [-0.3, -0.25) is 4.79 Å². The maximum absolute atomic E-state index is 12.8.